The fourth-order valence-corrected chi connectivity index (χ4v) is 2.68. The van der Waals surface area contributed by atoms with Gasteiger partial charge in [-0.15, -0.1) is 11.8 Å². The number of rotatable bonds is 3. The molecule has 1 aromatic rings. The molecular weight excluding hydrogens is 260 g/mol. The minimum absolute atomic E-state index is 0.0164. The molecule has 102 valence electrons. The summed E-state index contributed by atoms with van der Waals surface area (Å²) in [6, 6.07) is 5.42. The smallest absolute Gasteiger partial charge is 0.251 e. The first kappa shape index (κ1) is 13.9. The maximum absolute atomic E-state index is 12.0. The summed E-state index contributed by atoms with van der Waals surface area (Å²) < 4.78 is 0. The molecule has 5 heteroatoms. The SMILES string of the molecule is CC(C)CNC(=O)c1ccc2c(c1)NC(=O)[C@H](C)S2. The summed E-state index contributed by atoms with van der Waals surface area (Å²) in [5.41, 5.74) is 1.31. The second-order valence-corrected chi connectivity index (χ2v) is 6.45. The highest BCUT2D eigenvalue weighted by atomic mass is 32.2. The van der Waals surface area contributed by atoms with E-state index in [1.165, 1.54) is 11.8 Å². The molecule has 4 nitrogen and oxygen atoms in total. The molecular formula is C14H18N2O2S. The van der Waals surface area contributed by atoms with Gasteiger partial charge in [-0.25, -0.2) is 0 Å². The summed E-state index contributed by atoms with van der Waals surface area (Å²) in [6.07, 6.45) is 0. The quantitative estimate of drug-likeness (QED) is 0.893. The zero-order valence-corrected chi connectivity index (χ0v) is 12.1. The van der Waals surface area contributed by atoms with Gasteiger partial charge >= 0.3 is 0 Å². The van der Waals surface area contributed by atoms with Gasteiger partial charge in [0.15, 0.2) is 0 Å². The van der Waals surface area contributed by atoms with E-state index in [9.17, 15) is 9.59 Å². The average molecular weight is 278 g/mol. The number of nitrogens with one attached hydrogen (secondary N) is 2. The van der Waals surface area contributed by atoms with Gasteiger partial charge in [0.1, 0.15) is 0 Å². The Kier molecular flexibility index (Phi) is 4.14. The molecule has 0 radical (unpaired) electrons. The van der Waals surface area contributed by atoms with E-state index in [1.807, 2.05) is 26.8 Å². The molecule has 0 fully saturated rings. The Morgan fingerprint density at radius 2 is 2.21 bits per heavy atom. The van der Waals surface area contributed by atoms with Crippen LogP contribution in [0.15, 0.2) is 23.1 Å². The first-order valence-corrected chi connectivity index (χ1v) is 7.25. The molecule has 2 amide bonds. The second kappa shape index (κ2) is 5.65. The summed E-state index contributed by atoms with van der Waals surface area (Å²) in [4.78, 5) is 24.6. The predicted octanol–water partition coefficient (Wildman–Crippen LogP) is 2.51. The van der Waals surface area contributed by atoms with Crippen molar-refractivity contribution in [1.29, 1.82) is 0 Å². The van der Waals surface area contributed by atoms with Gasteiger partial charge in [-0.05, 0) is 31.0 Å². The van der Waals surface area contributed by atoms with Crippen molar-refractivity contribution in [3.05, 3.63) is 23.8 Å². The zero-order chi connectivity index (χ0) is 14.0. The van der Waals surface area contributed by atoms with Crippen LogP contribution in [0.1, 0.15) is 31.1 Å². The minimum atomic E-state index is -0.102. The number of anilines is 1. The van der Waals surface area contributed by atoms with E-state index in [1.54, 1.807) is 12.1 Å². The number of thioether (sulfide) groups is 1. The summed E-state index contributed by atoms with van der Waals surface area (Å²) in [7, 11) is 0. The van der Waals surface area contributed by atoms with Crippen LogP contribution < -0.4 is 10.6 Å². The van der Waals surface area contributed by atoms with E-state index in [0.717, 1.165) is 10.6 Å². The number of carbonyl (C=O) groups excluding carboxylic acids is 2. The number of benzene rings is 1. The monoisotopic (exact) mass is 278 g/mol. The molecule has 0 saturated carbocycles. The van der Waals surface area contributed by atoms with Crippen LogP contribution in [0.2, 0.25) is 0 Å². The van der Waals surface area contributed by atoms with Gasteiger partial charge in [0.2, 0.25) is 5.91 Å². The first-order chi connectivity index (χ1) is 8.97. The lowest BCUT2D eigenvalue weighted by Gasteiger charge is -2.21. The summed E-state index contributed by atoms with van der Waals surface area (Å²) in [5, 5.41) is 5.61. The molecule has 0 bridgehead atoms. The average Bonchev–Trinajstić information content (AvgIpc) is 2.36. The molecule has 0 aliphatic carbocycles. The van der Waals surface area contributed by atoms with Crippen molar-refractivity contribution in [3.63, 3.8) is 0 Å². The molecule has 1 heterocycles. The van der Waals surface area contributed by atoms with E-state index >= 15 is 0 Å². The fraction of sp³-hybridized carbons (Fsp3) is 0.429. The molecule has 0 unspecified atom stereocenters. The molecule has 2 rings (SSSR count). The largest absolute Gasteiger partial charge is 0.352 e. The lowest BCUT2D eigenvalue weighted by molar-refractivity contribution is -0.115. The van der Waals surface area contributed by atoms with Gasteiger partial charge in [-0.3, -0.25) is 9.59 Å². The second-order valence-electron chi connectivity index (χ2n) is 5.06. The van der Waals surface area contributed by atoms with Crippen LogP contribution in [0.5, 0.6) is 0 Å². The number of amides is 2. The Hall–Kier alpha value is -1.49. The Balaban J connectivity index is 2.15. The lowest BCUT2D eigenvalue weighted by atomic mass is 10.1. The first-order valence-electron chi connectivity index (χ1n) is 6.37. The maximum Gasteiger partial charge on any atom is 0.251 e. The van der Waals surface area contributed by atoms with Crippen molar-refractivity contribution in [1.82, 2.24) is 5.32 Å². The molecule has 0 spiro atoms. The fourth-order valence-electron chi connectivity index (χ4n) is 1.75. The van der Waals surface area contributed by atoms with Crippen molar-refractivity contribution < 1.29 is 9.59 Å². The molecule has 0 aromatic heterocycles. The van der Waals surface area contributed by atoms with E-state index in [0.29, 0.717) is 18.0 Å². The maximum atomic E-state index is 12.0. The van der Waals surface area contributed by atoms with Gasteiger partial charge in [0.05, 0.1) is 10.9 Å². The van der Waals surface area contributed by atoms with Crippen LogP contribution in [0.4, 0.5) is 5.69 Å². The van der Waals surface area contributed by atoms with Crippen LogP contribution in [0, 0.1) is 5.92 Å². The molecule has 19 heavy (non-hydrogen) atoms. The highest BCUT2D eigenvalue weighted by molar-refractivity contribution is 8.00. The van der Waals surface area contributed by atoms with E-state index in [-0.39, 0.29) is 17.1 Å². The molecule has 0 saturated heterocycles. The van der Waals surface area contributed by atoms with Gasteiger partial charge in [-0.2, -0.15) is 0 Å². The topological polar surface area (TPSA) is 58.2 Å². The normalized spacial score (nSPS) is 17.9. The van der Waals surface area contributed by atoms with Crippen molar-refractivity contribution in [2.45, 2.75) is 30.9 Å². The number of hydrogen-bond donors (Lipinski definition) is 2. The van der Waals surface area contributed by atoms with Crippen LogP contribution in [-0.2, 0) is 4.79 Å². The zero-order valence-electron chi connectivity index (χ0n) is 11.3. The Morgan fingerprint density at radius 1 is 1.47 bits per heavy atom. The van der Waals surface area contributed by atoms with Crippen LogP contribution >= 0.6 is 11.8 Å². The summed E-state index contributed by atoms with van der Waals surface area (Å²) in [6.45, 7) is 6.61. The van der Waals surface area contributed by atoms with Crippen LogP contribution in [-0.4, -0.2) is 23.6 Å². The predicted molar refractivity (Wildman–Crippen MR) is 77.6 cm³/mol. The molecule has 1 aliphatic rings. The van der Waals surface area contributed by atoms with Gasteiger partial charge in [0.25, 0.3) is 5.91 Å². The van der Waals surface area contributed by atoms with Gasteiger partial charge in [-0.1, -0.05) is 13.8 Å². The van der Waals surface area contributed by atoms with Gasteiger partial charge in [0, 0.05) is 17.0 Å². The van der Waals surface area contributed by atoms with E-state index in [2.05, 4.69) is 10.6 Å². The third-order valence-electron chi connectivity index (χ3n) is 2.84. The number of hydrogen-bond acceptors (Lipinski definition) is 3. The minimum Gasteiger partial charge on any atom is -0.352 e. The third kappa shape index (κ3) is 3.29. The summed E-state index contributed by atoms with van der Waals surface area (Å²) >= 11 is 1.51. The van der Waals surface area contributed by atoms with E-state index < -0.39 is 0 Å². The highest BCUT2D eigenvalue weighted by Gasteiger charge is 2.23. The number of carbonyl (C=O) groups is 2. The summed E-state index contributed by atoms with van der Waals surface area (Å²) in [5.74, 6) is 0.296. The lowest BCUT2D eigenvalue weighted by Crippen LogP contribution is -2.29. The van der Waals surface area contributed by atoms with Crippen LogP contribution in [0.3, 0.4) is 0 Å². The van der Waals surface area contributed by atoms with Crippen LogP contribution in [0.25, 0.3) is 0 Å². The molecule has 1 atom stereocenters. The third-order valence-corrected chi connectivity index (χ3v) is 4.02. The standard InChI is InChI=1S/C14H18N2O2S/c1-8(2)7-15-14(18)10-4-5-12-11(6-10)16-13(17)9(3)19-12/h4-6,8-9H,7H2,1-3H3,(H,15,18)(H,16,17)/t9-/m0/s1. The van der Waals surface area contributed by atoms with E-state index in [4.69, 9.17) is 0 Å². The molecule has 2 N–H and O–H groups in total. The van der Waals surface area contributed by atoms with Crippen molar-refractivity contribution in [2.75, 3.05) is 11.9 Å². The highest BCUT2D eigenvalue weighted by Crippen LogP contribution is 2.35. The molecule has 1 aromatic carbocycles. The Bertz CT molecular complexity index is 514. The Morgan fingerprint density at radius 3 is 2.89 bits per heavy atom. The van der Waals surface area contributed by atoms with Gasteiger partial charge < -0.3 is 10.6 Å². The van der Waals surface area contributed by atoms with Crippen molar-refractivity contribution >= 4 is 29.3 Å². The van der Waals surface area contributed by atoms with Crippen molar-refractivity contribution in [3.8, 4) is 0 Å². The number of fused-ring (bicyclic) bond motifs is 1. The van der Waals surface area contributed by atoms with Crippen molar-refractivity contribution in [2.24, 2.45) is 5.92 Å². The molecule has 1 aliphatic heterocycles. The Labute approximate surface area is 117 Å².